The number of nitrogens with zero attached hydrogens (tertiary/aromatic N) is 3. The van der Waals surface area contributed by atoms with E-state index in [0.29, 0.717) is 13.1 Å². The molecule has 3 heterocycles. The van der Waals surface area contributed by atoms with Gasteiger partial charge in [-0.3, -0.25) is 33.5 Å². The highest BCUT2D eigenvalue weighted by molar-refractivity contribution is 5.73. The summed E-state index contributed by atoms with van der Waals surface area (Å²) in [6, 6.07) is 0. The van der Waals surface area contributed by atoms with Gasteiger partial charge in [0.1, 0.15) is 12.7 Å². The molecule has 15 heteroatoms. The molecule has 0 aromatic carbocycles. The van der Waals surface area contributed by atoms with E-state index in [1.165, 1.54) is 38.6 Å². The zero-order valence-electron chi connectivity index (χ0n) is 22.4. The number of amides is 1. The second kappa shape index (κ2) is 13.7. The number of aromatic nitrogens is 4. The van der Waals surface area contributed by atoms with Crippen LogP contribution in [0.4, 0.5) is 5.95 Å². The molecule has 3 N–H and O–H groups in total. The number of hydrogen-bond acceptors (Lipinski definition) is 12. The van der Waals surface area contributed by atoms with Gasteiger partial charge in [0.2, 0.25) is 11.9 Å². The summed E-state index contributed by atoms with van der Waals surface area (Å²) in [5.74, 6) is -1.72. The van der Waals surface area contributed by atoms with Gasteiger partial charge in [-0.05, 0) is 12.8 Å². The molecule has 0 spiro atoms. The third-order valence-corrected chi connectivity index (χ3v) is 5.82. The first-order valence-electron chi connectivity index (χ1n) is 12.6. The van der Waals surface area contributed by atoms with Gasteiger partial charge in [0, 0.05) is 40.8 Å². The molecular formula is C24H34N6O9. The van der Waals surface area contributed by atoms with E-state index in [1.54, 1.807) is 0 Å². The smallest absolute Gasteiger partial charge is 0.303 e. The first-order chi connectivity index (χ1) is 18.6. The van der Waals surface area contributed by atoms with Crippen LogP contribution < -0.4 is 16.2 Å². The van der Waals surface area contributed by atoms with Crippen LogP contribution >= 0.6 is 0 Å². The van der Waals surface area contributed by atoms with Gasteiger partial charge >= 0.3 is 17.9 Å². The Hall–Kier alpha value is -4.01. The molecule has 4 atom stereocenters. The number of imidazole rings is 1. The molecule has 2 unspecified atom stereocenters. The van der Waals surface area contributed by atoms with Crippen LogP contribution in [0.5, 0.6) is 0 Å². The zero-order chi connectivity index (χ0) is 28.5. The Morgan fingerprint density at radius 2 is 1.64 bits per heavy atom. The molecule has 0 saturated carbocycles. The maximum Gasteiger partial charge on any atom is 0.303 e. The Morgan fingerprint density at radius 1 is 0.974 bits per heavy atom. The summed E-state index contributed by atoms with van der Waals surface area (Å²) in [5, 5.41) is 5.84. The molecule has 1 saturated heterocycles. The summed E-state index contributed by atoms with van der Waals surface area (Å²) in [7, 11) is 0. The maximum atomic E-state index is 12.7. The number of carbonyl (C=O) groups excluding carboxylic acids is 4. The Kier molecular flexibility index (Phi) is 10.4. The largest absolute Gasteiger partial charge is 0.463 e. The van der Waals surface area contributed by atoms with Crippen LogP contribution in [0.3, 0.4) is 0 Å². The van der Waals surface area contributed by atoms with E-state index < -0.39 is 48.0 Å². The average molecular weight is 551 g/mol. The number of H-pyrrole nitrogens is 1. The average Bonchev–Trinajstić information content (AvgIpc) is 3.40. The van der Waals surface area contributed by atoms with E-state index in [9.17, 15) is 24.0 Å². The molecule has 214 valence electrons. The summed E-state index contributed by atoms with van der Waals surface area (Å²) in [4.78, 5) is 70.0. The number of fused-ring (bicyclic) bond motifs is 1. The Labute approximate surface area is 223 Å². The highest BCUT2D eigenvalue weighted by Gasteiger charge is 2.51. The van der Waals surface area contributed by atoms with Gasteiger partial charge < -0.3 is 29.6 Å². The third-order valence-electron chi connectivity index (χ3n) is 5.82. The SMILES string of the molecule is CC(=O)NCCCCCCNc1nc2c(ncn2[C@@H]2O[C@H](COC(C)=O)C(OC(C)=O)C2OC(C)=O)c(=O)[nH]1. The molecule has 1 amide bonds. The second-order valence-electron chi connectivity index (χ2n) is 9.08. The van der Waals surface area contributed by atoms with Crippen LogP contribution in [0.1, 0.15) is 59.6 Å². The first-order valence-corrected chi connectivity index (χ1v) is 12.6. The van der Waals surface area contributed by atoms with Crippen molar-refractivity contribution in [3.63, 3.8) is 0 Å². The molecule has 2 aromatic heterocycles. The summed E-state index contributed by atoms with van der Waals surface area (Å²) >= 11 is 0. The quantitative estimate of drug-likeness (QED) is 0.178. The number of hydrogen-bond donors (Lipinski definition) is 3. The van der Waals surface area contributed by atoms with Gasteiger partial charge in [-0.1, -0.05) is 12.8 Å². The van der Waals surface area contributed by atoms with Gasteiger partial charge in [0.25, 0.3) is 5.56 Å². The monoisotopic (exact) mass is 550 g/mol. The summed E-state index contributed by atoms with van der Waals surface area (Å²) in [5.41, 5.74) is -0.323. The topological polar surface area (TPSA) is 193 Å². The van der Waals surface area contributed by atoms with Gasteiger partial charge in [0.15, 0.2) is 29.6 Å². The van der Waals surface area contributed by atoms with E-state index in [2.05, 4.69) is 25.6 Å². The highest BCUT2D eigenvalue weighted by Crippen LogP contribution is 2.35. The minimum Gasteiger partial charge on any atom is -0.463 e. The number of anilines is 1. The van der Waals surface area contributed by atoms with Crippen LogP contribution in [0.25, 0.3) is 11.2 Å². The van der Waals surface area contributed by atoms with Crippen LogP contribution in [-0.4, -0.2) is 81.3 Å². The molecule has 3 rings (SSSR count). The van der Waals surface area contributed by atoms with E-state index in [4.69, 9.17) is 18.9 Å². The number of carbonyl (C=O) groups is 4. The molecule has 1 aliphatic rings. The fraction of sp³-hybridized carbons (Fsp3) is 0.625. The summed E-state index contributed by atoms with van der Waals surface area (Å²) in [6.07, 6.45) is 0.555. The van der Waals surface area contributed by atoms with Crippen LogP contribution in [0, 0.1) is 0 Å². The zero-order valence-corrected chi connectivity index (χ0v) is 22.4. The Balaban J connectivity index is 1.78. The van der Waals surface area contributed by atoms with Crippen molar-refractivity contribution in [3.8, 4) is 0 Å². The summed E-state index contributed by atoms with van der Waals surface area (Å²) in [6.45, 7) is 5.99. The predicted octanol–water partition coefficient (Wildman–Crippen LogP) is 0.552. The lowest BCUT2D eigenvalue weighted by Gasteiger charge is -2.23. The molecule has 0 aliphatic carbocycles. The fourth-order valence-corrected chi connectivity index (χ4v) is 4.19. The van der Waals surface area contributed by atoms with Crippen molar-refractivity contribution in [2.45, 2.75) is 77.9 Å². The molecule has 2 aromatic rings. The highest BCUT2D eigenvalue weighted by atomic mass is 16.7. The van der Waals surface area contributed by atoms with Crippen molar-refractivity contribution in [2.75, 3.05) is 25.0 Å². The van der Waals surface area contributed by atoms with Crippen molar-refractivity contribution < 1.29 is 38.1 Å². The number of nitrogens with one attached hydrogen (secondary N) is 3. The number of esters is 3. The number of rotatable bonds is 13. The van der Waals surface area contributed by atoms with Gasteiger partial charge in [-0.25, -0.2) is 4.98 Å². The molecule has 0 bridgehead atoms. The number of unbranched alkanes of at least 4 members (excludes halogenated alkanes) is 3. The second-order valence-corrected chi connectivity index (χ2v) is 9.08. The van der Waals surface area contributed by atoms with Crippen molar-refractivity contribution in [1.29, 1.82) is 0 Å². The lowest BCUT2D eigenvalue weighted by atomic mass is 10.1. The van der Waals surface area contributed by atoms with E-state index in [0.717, 1.165) is 25.7 Å². The standard InChI is InChI=1S/C24H34N6O9/c1-13(31)25-9-7-5-6-8-10-26-24-28-21-18(22(35)29-24)27-12-30(21)23-20(38-16(4)34)19(37-15(3)33)17(39-23)11-36-14(2)32/h12,17,19-20,23H,5-11H2,1-4H3,(H,25,31)(H2,26,28,29,35)/t17-,19?,20?,23-/m1/s1. The van der Waals surface area contributed by atoms with Crippen molar-refractivity contribution in [1.82, 2.24) is 24.8 Å². The van der Waals surface area contributed by atoms with Crippen molar-refractivity contribution in [3.05, 3.63) is 16.7 Å². The van der Waals surface area contributed by atoms with Crippen LogP contribution in [-0.2, 0) is 38.1 Å². The van der Waals surface area contributed by atoms with Gasteiger partial charge in [-0.2, -0.15) is 4.98 Å². The minimum atomic E-state index is -1.14. The molecule has 0 radical (unpaired) electrons. The number of aromatic amines is 1. The normalized spacial score (nSPS) is 20.4. The fourth-order valence-electron chi connectivity index (χ4n) is 4.19. The molecule has 1 fully saturated rings. The Bertz CT molecular complexity index is 1240. The van der Waals surface area contributed by atoms with Gasteiger partial charge in [0.05, 0.1) is 6.33 Å². The van der Waals surface area contributed by atoms with E-state index in [-0.39, 0.29) is 29.6 Å². The van der Waals surface area contributed by atoms with Gasteiger partial charge in [-0.15, -0.1) is 0 Å². The maximum absolute atomic E-state index is 12.7. The predicted molar refractivity (Wildman–Crippen MR) is 135 cm³/mol. The molecule has 15 nitrogen and oxygen atoms in total. The summed E-state index contributed by atoms with van der Waals surface area (Å²) < 4.78 is 23.3. The molecular weight excluding hydrogens is 516 g/mol. The van der Waals surface area contributed by atoms with Crippen LogP contribution in [0.2, 0.25) is 0 Å². The van der Waals surface area contributed by atoms with E-state index >= 15 is 0 Å². The minimum absolute atomic E-state index is 0.0242. The molecule has 1 aliphatic heterocycles. The number of ether oxygens (including phenoxy) is 4. The lowest BCUT2D eigenvalue weighted by Crippen LogP contribution is -2.40. The van der Waals surface area contributed by atoms with Crippen molar-refractivity contribution in [2.24, 2.45) is 0 Å². The third kappa shape index (κ3) is 8.24. The van der Waals surface area contributed by atoms with E-state index in [1.807, 2.05) is 0 Å². The lowest BCUT2D eigenvalue weighted by molar-refractivity contribution is -0.166. The molecule has 39 heavy (non-hydrogen) atoms. The first kappa shape index (κ1) is 29.5. The van der Waals surface area contributed by atoms with Crippen LogP contribution in [0.15, 0.2) is 11.1 Å². The van der Waals surface area contributed by atoms with Crippen molar-refractivity contribution >= 4 is 40.9 Å². The Morgan fingerprint density at radius 3 is 2.28 bits per heavy atom.